The number of hydrogen-bond acceptors (Lipinski definition) is 3. The molecule has 29 heavy (non-hydrogen) atoms. The molecule has 3 N–H and O–H groups in total. The zero-order valence-electron chi connectivity index (χ0n) is 15.8. The third kappa shape index (κ3) is 7.19. The van der Waals surface area contributed by atoms with Crippen LogP contribution in [0, 0.1) is 0 Å². The SMILES string of the molecule is O=C(/C=C/c1ccc(C(=O)NC2CC2)cc1)NCCC(=O)Nc1ccc(Br)cc1. The molecule has 7 heteroatoms. The van der Waals surface area contributed by atoms with Crippen molar-refractivity contribution < 1.29 is 14.4 Å². The van der Waals surface area contributed by atoms with Crippen LogP contribution in [0.15, 0.2) is 59.1 Å². The zero-order valence-corrected chi connectivity index (χ0v) is 17.4. The van der Waals surface area contributed by atoms with Gasteiger partial charge in [0.1, 0.15) is 0 Å². The van der Waals surface area contributed by atoms with Crippen LogP contribution < -0.4 is 16.0 Å². The summed E-state index contributed by atoms with van der Waals surface area (Å²) in [6.07, 6.45) is 5.35. The Morgan fingerprint density at radius 3 is 2.34 bits per heavy atom. The first-order valence-corrected chi connectivity index (χ1v) is 10.2. The van der Waals surface area contributed by atoms with E-state index in [-0.39, 0.29) is 30.7 Å². The summed E-state index contributed by atoms with van der Waals surface area (Å²) in [5, 5.41) is 8.38. The monoisotopic (exact) mass is 455 g/mol. The molecule has 0 aliphatic heterocycles. The van der Waals surface area contributed by atoms with Gasteiger partial charge in [-0.25, -0.2) is 0 Å². The van der Waals surface area contributed by atoms with Gasteiger partial charge in [0.2, 0.25) is 11.8 Å². The number of hydrogen-bond donors (Lipinski definition) is 3. The molecule has 150 valence electrons. The van der Waals surface area contributed by atoms with E-state index in [1.54, 1.807) is 42.5 Å². The lowest BCUT2D eigenvalue weighted by atomic mass is 10.1. The van der Waals surface area contributed by atoms with Crippen molar-refractivity contribution in [1.82, 2.24) is 10.6 Å². The van der Waals surface area contributed by atoms with Crippen molar-refractivity contribution >= 4 is 45.4 Å². The van der Waals surface area contributed by atoms with Gasteiger partial charge >= 0.3 is 0 Å². The molecule has 2 aromatic carbocycles. The van der Waals surface area contributed by atoms with Gasteiger partial charge in [-0.3, -0.25) is 14.4 Å². The van der Waals surface area contributed by atoms with E-state index in [2.05, 4.69) is 31.9 Å². The summed E-state index contributed by atoms with van der Waals surface area (Å²) in [4.78, 5) is 35.7. The number of nitrogens with one attached hydrogen (secondary N) is 3. The zero-order chi connectivity index (χ0) is 20.6. The molecule has 0 spiro atoms. The normalized spacial score (nSPS) is 13.1. The molecule has 1 aliphatic carbocycles. The summed E-state index contributed by atoms with van der Waals surface area (Å²) in [5.74, 6) is -0.518. The molecule has 0 atom stereocenters. The van der Waals surface area contributed by atoms with Crippen molar-refractivity contribution in [3.63, 3.8) is 0 Å². The van der Waals surface area contributed by atoms with E-state index in [0.29, 0.717) is 17.3 Å². The van der Waals surface area contributed by atoms with Gasteiger partial charge in [0.05, 0.1) is 0 Å². The molecule has 0 bridgehead atoms. The van der Waals surface area contributed by atoms with Crippen LogP contribution in [-0.2, 0) is 9.59 Å². The summed E-state index contributed by atoms with van der Waals surface area (Å²) < 4.78 is 0.936. The van der Waals surface area contributed by atoms with Crippen LogP contribution in [0.25, 0.3) is 6.08 Å². The highest BCUT2D eigenvalue weighted by Crippen LogP contribution is 2.19. The molecular weight excluding hydrogens is 434 g/mol. The van der Waals surface area contributed by atoms with Crippen molar-refractivity contribution in [2.24, 2.45) is 0 Å². The first kappa shape index (κ1) is 20.8. The molecular formula is C22H22BrN3O3. The Morgan fingerprint density at radius 2 is 1.69 bits per heavy atom. The minimum absolute atomic E-state index is 0.0674. The highest BCUT2D eigenvalue weighted by molar-refractivity contribution is 9.10. The first-order chi connectivity index (χ1) is 14.0. The Labute approximate surface area is 177 Å². The van der Waals surface area contributed by atoms with Crippen LogP contribution in [0.2, 0.25) is 0 Å². The van der Waals surface area contributed by atoms with Crippen molar-refractivity contribution in [1.29, 1.82) is 0 Å². The fourth-order valence-corrected chi connectivity index (χ4v) is 2.79. The van der Waals surface area contributed by atoms with E-state index in [0.717, 1.165) is 22.9 Å². The maximum atomic E-state index is 11.9. The number of halogens is 1. The topological polar surface area (TPSA) is 87.3 Å². The predicted octanol–water partition coefficient (Wildman–Crippen LogP) is 3.50. The second-order valence-electron chi connectivity index (χ2n) is 6.80. The molecule has 3 rings (SSSR count). The predicted molar refractivity (Wildman–Crippen MR) is 116 cm³/mol. The standard InChI is InChI=1S/C22H22BrN3O3/c23-17-6-8-18(9-7-17)25-21(28)13-14-24-20(27)12-3-15-1-4-16(5-2-15)22(29)26-19-10-11-19/h1-9,12,19H,10-11,13-14H2,(H,24,27)(H,25,28)(H,26,29)/b12-3+. The van der Waals surface area contributed by atoms with Crippen molar-refractivity contribution in [3.05, 3.63) is 70.2 Å². The Balaban J connectivity index is 1.38. The summed E-state index contributed by atoms with van der Waals surface area (Å²) in [7, 11) is 0. The molecule has 0 heterocycles. The fourth-order valence-electron chi connectivity index (χ4n) is 2.53. The molecule has 2 aromatic rings. The van der Waals surface area contributed by atoms with E-state index in [1.165, 1.54) is 6.08 Å². The molecule has 1 saturated carbocycles. The van der Waals surface area contributed by atoms with Crippen LogP contribution in [0.1, 0.15) is 35.2 Å². The molecule has 0 aromatic heterocycles. The summed E-state index contributed by atoms with van der Waals surface area (Å²) >= 11 is 3.34. The highest BCUT2D eigenvalue weighted by Gasteiger charge is 2.23. The minimum Gasteiger partial charge on any atom is -0.352 e. The number of carbonyl (C=O) groups excluding carboxylic acids is 3. The summed E-state index contributed by atoms with van der Waals surface area (Å²) in [6, 6.07) is 14.7. The van der Waals surface area contributed by atoms with Gasteiger partial charge in [0, 0.05) is 40.8 Å². The van der Waals surface area contributed by atoms with E-state index in [4.69, 9.17) is 0 Å². The summed E-state index contributed by atoms with van der Waals surface area (Å²) in [6.45, 7) is 0.242. The number of rotatable bonds is 8. The van der Waals surface area contributed by atoms with Gasteiger partial charge < -0.3 is 16.0 Å². The Bertz CT molecular complexity index is 904. The Kier molecular flexibility index (Phi) is 7.19. The average Bonchev–Trinajstić information content (AvgIpc) is 3.52. The smallest absolute Gasteiger partial charge is 0.251 e. The molecule has 6 nitrogen and oxygen atoms in total. The maximum absolute atomic E-state index is 11.9. The third-order valence-electron chi connectivity index (χ3n) is 4.29. The quantitative estimate of drug-likeness (QED) is 0.532. The molecule has 1 fully saturated rings. The molecule has 0 radical (unpaired) electrons. The second-order valence-corrected chi connectivity index (χ2v) is 7.71. The van der Waals surface area contributed by atoms with E-state index in [1.807, 2.05) is 12.1 Å². The van der Waals surface area contributed by atoms with E-state index in [9.17, 15) is 14.4 Å². The van der Waals surface area contributed by atoms with Gasteiger partial charge in [-0.05, 0) is 60.9 Å². The second kappa shape index (κ2) is 10.0. The van der Waals surface area contributed by atoms with E-state index < -0.39 is 0 Å². The lowest BCUT2D eigenvalue weighted by molar-refractivity contribution is -0.117. The van der Waals surface area contributed by atoms with Crippen LogP contribution in [0.3, 0.4) is 0 Å². The average molecular weight is 456 g/mol. The van der Waals surface area contributed by atoms with Crippen LogP contribution in [0.5, 0.6) is 0 Å². The van der Waals surface area contributed by atoms with E-state index >= 15 is 0 Å². The molecule has 0 unspecified atom stereocenters. The molecule has 0 saturated heterocycles. The van der Waals surface area contributed by atoms with Gasteiger partial charge in [-0.15, -0.1) is 0 Å². The van der Waals surface area contributed by atoms with Crippen LogP contribution >= 0.6 is 15.9 Å². The lowest BCUT2D eigenvalue weighted by Crippen LogP contribution is -2.26. The largest absolute Gasteiger partial charge is 0.352 e. The van der Waals surface area contributed by atoms with Crippen LogP contribution in [0.4, 0.5) is 5.69 Å². The lowest BCUT2D eigenvalue weighted by Gasteiger charge is -2.06. The molecule has 3 amide bonds. The van der Waals surface area contributed by atoms with Gasteiger partial charge in [0.25, 0.3) is 5.91 Å². The minimum atomic E-state index is -0.281. The highest BCUT2D eigenvalue weighted by atomic mass is 79.9. The first-order valence-electron chi connectivity index (χ1n) is 9.42. The number of benzene rings is 2. The van der Waals surface area contributed by atoms with Crippen molar-refractivity contribution in [3.8, 4) is 0 Å². The fraction of sp³-hybridized carbons (Fsp3) is 0.227. The number of amides is 3. The van der Waals surface area contributed by atoms with Gasteiger partial charge in [-0.1, -0.05) is 28.1 Å². The Morgan fingerprint density at radius 1 is 1.00 bits per heavy atom. The van der Waals surface area contributed by atoms with Crippen molar-refractivity contribution in [2.75, 3.05) is 11.9 Å². The number of anilines is 1. The molecule has 1 aliphatic rings. The third-order valence-corrected chi connectivity index (χ3v) is 4.82. The summed E-state index contributed by atoms with van der Waals surface area (Å²) in [5.41, 5.74) is 2.13. The van der Waals surface area contributed by atoms with Gasteiger partial charge in [-0.2, -0.15) is 0 Å². The number of carbonyl (C=O) groups is 3. The Hall–Kier alpha value is -2.93. The van der Waals surface area contributed by atoms with Crippen molar-refractivity contribution in [2.45, 2.75) is 25.3 Å². The van der Waals surface area contributed by atoms with Crippen LogP contribution in [-0.4, -0.2) is 30.3 Å². The van der Waals surface area contributed by atoms with Gasteiger partial charge in [0.15, 0.2) is 0 Å². The maximum Gasteiger partial charge on any atom is 0.251 e.